The first kappa shape index (κ1) is 16.3. The number of amides is 1. The van der Waals surface area contributed by atoms with Gasteiger partial charge in [-0.25, -0.2) is 0 Å². The van der Waals surface area contributed by atoms with E-state index in [1.165, 1.54) is 0 Å². The molecule has 0 atom stereocenters. The van der Waals surface area contributed by atoms with Crippen molar-refractivity contribution in [2.24, 2.45) is 5.92 Å². The molecule has 1 amide bonds. The smallest absolute Gasteiger partial charge is 0.244 e. The minimum atomic E-state index is -0.0675. The number of unbranched alkanes of at least 4 members (excludes halogenated alkanes) is 1. The molecule has 0 heterocycles. The predicted molar refractivity (Wildman–Crippen MR) is 83.7 cm³/mol. The van der Waals surface area contributed by atoms with Gasteiger partial charge in [0.25, 0.3) is 0 Å². The van der Waals surface area contributed by atoms with Crippen LogP contribution in [0.3, 0.4) is 0 Å². The molecule has 0 unspecified atom stereocenters. The fourth-order valence-electron chi connectivity index (χ4n) is 1.61. The molecule has 0 fully saturated rings. The fourth-order valence-corrected chi connectivity index (χ4v) is 1.61. The number of benzene rings is 1. The van der Waals surface area contributed by atoms with Gasteiger partial charge in [-0.1, -0.05) is 45.4 Å². The number of hydrogen-bond acceptors (Lipinski definition) is 2. The van der Waals surface area contributed by atoms with Crippen molar-refractivity contribution in [3.8, 4) is 5.75 Å². The average Bonchev–Trinajstić information content (AvgIpc) is 2.44. The molecule has 3 heteroatoms. The van der Waals surface area contributed by atoms with Crippen molar-refractivity contribution in [2.45, 2.75) is 33.6 Å². The molecule has 0 saturated heterocycles. The Morgan fingerprint density at radius 2 is 2.10 bits per heavy atom. The lowest BCUT2D eigenvalue weighted by atomic mass is 10.2. The van der Waals surface area contributed by atoms with E-state index in [9.17, 15) is 4.79 Å². The van der Waals surface area contributed by atoms with E-state index in [0.29, 0.717) is 19.1 Å². The Hall–Kier alpha value is -1.77. The van der Waals surface area contributed by atoms with E-state index in [4.69, 9.17) is 4.74 Å². The number of para-hydroxylation sites is 1. The lowest BCUT2D eigenvalue weighted by Crippen LogP contribution is -2.25. The van der Waals surface area contributed by atoms with Gasteiger partial charge >= 0.3 is 0 Å². The summed E-state index contributed by atoms with van der Waals surface area (Å²) in [6.07, 6.45) is 5.50. The summed E-state index contributed by atoms with van der Waals surface area (Å²) in [4.78, 5) is 11.7. The molecule has 0 aromatic heterocycles. The summed E-state index contributed by atoms with van der Waals surface area (Å²) in [5.41, 5.74) is 0.934. The number of rotatable bonds is 8. The number of ether oxygens (including phenoxy) is 1. The molecule has 0 radical (unpaired) electrons. The van der Waals surface area contributed by atoms with E-state index in [1.807, 2.05) is 24.3 Å². The Morgan fingerprint density at radius 1 is 1.35 bits per heavy atom. The largest absolute Gasteiger partial charge is 0.493 e. The van der Waals surface area contributed by atoms with Gasteiger partial charge in [0.15, 0.2) is 0 Å². The highest BCUT2D eigenvalue weighted by Gasteiger charge is 2.01. The van der Waals surface area contributed by atoms with Crippen LogP contribution in [0.1, 0.15) is 39.2 Å². The maximum atomic E-state index is 11.7. The van der Waals surface area contributed by atoms with Crippen molar-refractivity contribution in [2.75, 3.05) is 13.2 Å². The fraction of sp³-hybridized carbons (Fsp3) is 0.471. The Morgan fingerprint density at radius 3 is 2.80 bits per heavy atom. The lowest BCUT2D eigenvalue weighted by Gasteiger charge is -2.08. The van der Waals surface area contributed by atoms with Crippen molar-refractivity contribution in [3.63, 3.8) is 0 Å². The first-order chi connectivity index (χ1) is 9.63. The second kappa shape index (κ2) is 9.18. The van der Waals surface area contributed by atoms with Crippen LogP contribution in [0.5, 0.6) is 5.75 Å². The zero-order valence-electron chi connectivity index (χ0n) is 12.7. The lowest BCUT2D eigenvalue weighted by molar-refractivity contribution is -0.116. The van der Waals surface area contributed by atoms with Crippen LogP contribution < -0.4 is 10.1 Å². The molecule has 0 aliphatic rings. The highest BCUT2D eigenvalue weighted by molar-refractivity contribution is 5.92. The van der Waals surface area contributed by atoms with Crippen molar-refractivity contribution in [1.82, 2.24) is 5.32 Å². The van der Waals surface area contributed by atoms with Gasteiger partial charge in [-0.2, -0.15) is 0 Å². The van der Waals surface area contributed by atoms with Gasteiger partial charge in [0.05, 0.1) is 6.61 Å². The number of hydrogen-bond donors (Lipinski definition) is 1. The van der Waals surface area contributed by atoms with Gasteiger partial charge in [0.1, 0.15) is 5.75 Å². The first-order valence-electron chi connectivity index (χ1n) is 7.31. The highest BCUT2D eigenvalue weighted by atomic mass is 16.5. The van der Waals surface area contributed by atoms with E-state index >= 15 is 0 Å². The van der Waals surface area contributed by atoms with Gasteiger partial charge in [0, 0.05) is 18.2 Å². The van der Waals surface area contributed by atoms with Crippen LogP contribution in [0.4, 0.5) is 0 Å². The molecular formula is C17H25NO2. The van der Waals surface area contributed by atoms with E-state index in [2.05, 4.69) is 26.1 Å². The summed E-state index contributed by atoms with van der Waals surface area (Å²) in [5, 5.41) is 2.86. The molecule has 1 N–H and O–H groups in total. The maximum Gasteiger partial charge on any atom is 0.244 e. The summed E-state index contributed by atoms with van der Waals surface area (Å²) in [6, 6.07) is 7.77. The molecule has 0 bridgehead atoms. The van der Waals surface area contributed by atoms with Crippen molar-refractivity contribution in [3.05, 3.63) is 35.9 Å². The Bertz CT molecular complexity index is 438. The second-order valence-corrected chi connectivity index (χ2v) is 5.21. The molecule has 110 valence electrons. The van der Waals surface area contributed by atoms with Crippen molar-refractivity contribution in [1.29, 1.82) is 0 Å². The molecule has 1 aromatic rings. The van der Waals surface area contributed by atoms with Gasteiger partial charge in [-0.05, 0) is 24.5 Å². The van der Waals surface area contributed by atoms with Gasteiger partial charge in [-0.3, -0.25) is 4.79 Å². The van der Waals surface area contributed by atoms with E-state index < -0.39 is 0 Å². The van der Waals surface area contributed by atoms with Crippen LogP contribution in [-0.4, -0.2) is 19.1 Å². The van der Waals surface area contributed by atoms with Crippen molar-refractivity contribution < 1.29 is 9.53 Å². The SMILES string of the molecule is CCCCOc1ccccc1/C=C/C(=O)NCC(C)C. The summed E-state index contributed by atoms with van der Waals surface area (Å²) in [5.74, 6) is 1.22. The second-order valence-electron chi connectivity index (χ2n) is 5.21. The summed E-state index contributed by atoms with van der Waals surface area (Å²) >= 11 is 0. The predicted octanol–water partition coefficient (Wildman–Crippen LogP) is 3.65. The molecular weight excluding hydrogens is 250 g/mol. The third-order valence-corrected chi connectivity index (χ3v) is 2.77. The zero-order chi connectivity index (χ0) is 14.8. The minimum Gasteiger partial charge on any atom is -0.493 e. The summed E-state index contributed by atoms with van der Waals surface area (Å²) in [6.45, 7) is 7.68. The van der Waals surface area contributed by atoms with Crippen LogP contribution in [0.25, 0.3) is 6.08 Å². The van der Waals surface area contributed by atoms with Crippen LogP contribution in [0.2, 0.25) is 0 Å². The third-order valence-electron chi connectivity index (χ3n) is 2.77. The summed E-state index contributed by atoms with van der Waals surface area (Å²) in [7, 11) is 0. The standard InChI is InChI=1S/C17H25NO2/c1-4-5-12-20-16-9-7-6-8-15(16)10-11-17(19)18-13-14(2)3/h6-11,14H,4-5,12-13H2,1-3H3,(H,18,19)/b11-10+. The van der Waals surface area contributed by atoms with Gasteiger partial charge in [0.2, 0.25) is 5.91 Å². The van der Waals surface area contributed by atoms with E-state index in [0.717, 1.165) is 24.2 Å². The van der Waals surface area contributed by atoms with E-state index in [1.54, 1.807) is 12.2 Å². The first-order valence-corrected chi connectivity index (χ1v) is 7.31. The van der Waals surface area contributed by atoms with Crippen molar-refractivity contribution >= 4 is 12.0 Å². The minimum absolute atomic E-state index is 0.0675. The average molecular weight is 275 g/mol. The normalized spacial score (nSPS) is 11.0. The number of carbonyl (C=O) groups is 1. The molecule has 0 spiro atoms. The van der Waals surface area contributed by atoms with E-state index in [-0.39, 0.29) is 5.91 Å². The maximum absolute atomic E-state index is 11.7. The molecule has 1 rings (SSSR count). The summed E-state index contributed by atoms with van der Waals surface area (Å²) < 4.78 is 5.73. The topological polar surface area (TPSA) is 38.3 Å². The highest BCUT2D eigenvalue weighted by Crippen LogP contribution is 2.19. The molecule has 1 aromatic carbocycles. The van der Waals surface area contributed by atoms with Crippen LogP contribution in [-0.2, 0) is 4.79 Å². The van der Waals surface area contributed by atoms with Gasteiger partial charge in [-0.15, -0.1) is 0 Å². The number of carbonyl (C=O) groups excluding carboxylic acids is 1. The molecule has 0 aliphatic carbocycles. The molecule has 3 nitrogen and oxygen atoms in total. The molecule has 0 aliphatic heterocycles. The van der Waals surface area contributed by atoms with Crippen LogP contribution in [0.15, 0.2) is 30.3 Å². The molecule has 20 heavy (non-hydrogen) atoms. The number of nitrogens with one attached hydrogen (secondary N) is 1. The quantitative estimate of drug-likeness (QED) is 0.581. The zero-order valence-corrected chi connectivity index (χ0v) is 12.7. The third kappa shape index (κ3) is 6.41. The Balaban J connectivity index is 2.59. The molecule has 0 saturated carbocycles. The monoisotopic (exact) mass is 275 g/mol. The van der Waals surface area contributed by atoms with Crippen LogP contribution >= 0.6 is 0 Å². The Labute approximate surface area is 122 Å². The Kier molecular flexibility index (Phi) is 7.48. The van der Waals surface area contributed by atoms with Crippen LogP contribution in [0, 0.1) is 5.92 Å². The van der Waals surface area contributed by atoms with Gasteiger partial charge < -0.3 is 10.1 Å².